The summed E-state index contributed by atoms with van der Waals surface area (Å²) in [6, 6.07) is 3.15. The summed E-state index contributed by atoms with van der Waals surface area (Å²) in [5, 5.41) is 10.9. The zero-order chi connectivity index (χ0) is 11.6. The number of nitrogens with zero attached hydrogens (tertiary/aromatic N) is 1. The first-order chi connectivity index (χ1) is 6.99. The number of carbonyl (C=O) groups is 1. The zero-order valence-corrected chi connectivity index (χ0v) is 11.0. The molecule has 0 saturated carbocycles. The molecule has 4 nitrogen and oxygen atoms in total. The highest BCUT2D eigenvalue weighted by Crippen LogP contribution is 2.32. The maximum absolute atomic E-state index is 11.4. The van der Waals surface area contributed by atoms with Gasteiger partial charge in [0.1, 0.15) is 0 Å². The summed E-state index contributed by atoms with van der Waals surface area (Å²) < 4.78 is 0.360. The molecule has 80 valence electrons. The van der Waals surface area contributed by atoms with Crippen molar-refractivity contribution in [1.29, 1.82) is 0 Å². The van der Waals surface area contributed by atoms with Gasteiger partial charge in [-0.15, -0.1) is 0 Å². The number of Topliss-reactive ketones (excluding diaryl/α,β-unsaturated/α-hetero) is 1. The van der Waals surface area contributed by atoms with Crippen LogP contribution in [0.2, 0.25) is 0 Å². The average molecular weight is 337 g/mol. The van der Waals surface area contributed by atoms with Crippen molar-refractivity contribution in [1.82, 2.24) is 0 Å². The average Bonchev–Trinajstić information content (AvgIpc) is 2.20. The number of alkyl halides is 1. The molecule has 0 aromatic heterocycles. The number of hydrogen-bond donors (Lipinski definition) is 0. The molecule has 0 aliphatic carbocycles. The minimum Gasteiger partial charge on any atom is -0.293 e. The molecule has 0 spiro atoms. The molecule has 0 aliphatic heterocycles. The molecule has 0 fully saturated rings. The van der Waals surface area contributed by atoms with Crippen LogP contribution in [0.1, 0.15) is 15.9 Å². The van der Waals surface area contributed by atoms with E-state index in [-0.39, 0.29) is 22.4 Å². The van der Waals surface area contributed by atoms with Crippen LogP contribution in [0.5, 0.6) is 0 Å². The van der Waals surface area contributed by atoms with E-state index in [2.05, 4.69) is 31.9 Å². The molecule has 0 N–H and O–H groups in total. The topological polar surface area (TPSA) is 60.2 Å². The third kappa shape index (κ3) is 2.43. The molecule has 0 saturated heterocycles. The third-order valence-corrected chi connectivity index (χ3v) is 3.42. The molecule has 0 radical (unpaired) electrons. The molecule has 0 unspecified atom stereocenters. The highest BCUT2D eigenvalue weighted by Gasteiger charge is 2.23. The van der Waals surface area contributed by atoms with Gasteiger partial charge in [0.25, 0.3) is 5.69 Å². The molecule has 0 amide bonds. The molecule has 0 atom stereocenters. The smallest absolute Gasteiger partial charge is 0.293 e. The van der Waals surface area contributed by atoms with Crippen LogP contribution in [-0.4, -0.2) is 16.0 Å². The number of benzene rings is 1. The normalized spacial score (nSPS) is 10.1. The van der Waals surface area contributed by atoms with E-state index in [1.54, 1.807) is 13.0 Å². The fourth-order valence-corrected chi connectivity index (χ4v) is 1.93. The van der Waals surface area contributed by atoms with E-state index in [1.807, 2.05) is 0 Å². The monoisotopic (exact) mass is 335 g/mol. The largest absolute Gasteiger partial charge is 0.294 e. The summed E-state index contributed by atoms with van der Waals surface area (Å²) in [7, 11) is 0. The molecule has 0 heterocycles. The van der Waals surface area contributed by atoms with Crippen molar-refractivity contribution in [2.24, 2.45) is 0 Å². The van der Waals surface area contributed by atoms with Gasteiger partial charge < -0.3 is 0 Å². The Labute approximate surface area is 103 Å². The van der Waals surface area contributed by atoms with E-state index in [9.17, 15) is 14.9 Å². The van der Waals surface area contributed by atoms with Crippen LogP contribution in [0.4, 0.5) is 5.69 Å². The SMILES string of the molecule is Cc1ccc(C(=O)CBr)c([N+](=O)[O-])c1Br. The highest BCUT2D eigenvalue weighted by atomic mass is 79.9. The summed E-state index contributed by atoms with van der Waals surface area (Å²) in [6.45, 7) is 1.74. The standard InChI is InChI=1S/C9H7Br2NO3/c1-5-2-3-6(7(13)4-10)9(8(5)11)12(14)15/h2-3H,4H2,1H3. The summed E-state index contributed by atoms with van der Waals surface area (Å²) in [5.41, 5.74) is 0.682. The Morgan fingerprint density at radius 2 is 2.13 bits per heavy atom. The van der Waals surface area contributed by atoms with E-state index in [1.165, 1.54) is 6.07 Å². The fourth-order valence-electron chi connectivity index (χ4n) is 1.14. The second-order valence-electron chi connectivity index (χ2n) is 2.91. The number of aryl methyl sites for hydroxylation is 1. The van der Waals surface area contributed by atoms with Gasteiger partial charge in [-0.25, -0.2) is 0 Å². The van der Waals surface area contributed by atoms with Crippen molar-refractivity contribution in [3.63, 3.8) is 0 Å². The van der Waals surface area contributed by atoms with Gasteiger partial charge in [-0.2, -0.15) is 0 Å². The first-order valence-electron chi connectivity index (χ1n) is 4.01. The van der Waals surface area contributed by atoms with E-state index in [4.69, 9.17) is 0 Å². The van der Waals surface area contributed by atoms with Crippen molar-refractivity contribution in [2.75, 3.05) is 5.33 Å². The van der Waals surface area contributed by atoms with E-state index < -0.39 is 4.92 Å². The van der Waals surface area contributed by atoms with Crippen molar-refractivity contribution < 1.29 is 9.72 Å². The van der Waals surface area contributed by atoms with Crippen molar-refractivity contribution in [3.05, 3.63) is 37.8 Å². The molecule has 15 heavy (non-hydrogen) atoms. The number of ketones is 1. The predicted molar refractivity (Wildman–Crippen MR) is 63.7 cm³/mol. The number of halogens is 2. The Morgan fingerprint density at radius 3 is 2.60 bits per heavy atom. The maximum Gasteiger partial charge on any atom is 0.294 e. The van der Waals surface area contributed by atoms with Gasteiger partial charge in [-0.1, -0.05) is 22.0 Å². The molecule has 1 aromatic carbocycles. The fraction of sp³-hybridized carbons (Fsp3) is 0.222. The third-order valence-electron chi connectivity index (χ3n) is 1.91. The number of nitro groups is 1. The molecule has 6 heteroatoms. The molecule has 1 aromatic rings. The molecule has 0 bridgehead atoms. The van der Waals surface area contributed by atoms with Gasteiger partial charge in [-0.3, -0.25) is 14.9 Å². The summed E-state index contributed by atoms with van der Waals surface area (Å²) in [6.07, 6.45) is 0. The molecule has 1 rings (SSSR count). The van der Waals surface area contributed by atoms with Gasteiger partial charge in [0, 0.05) is 0 Å². The van der Waals surface area contributed by atoms with Crippen LogP contribution in [0, 0.1) is 17.0 Å². The van der Waals surface area contributed by atoms with E-state index in [0.29, 0.717) is 4.47 Å². The predicted octanol–water partition coefficient (Wildman–Crippen LogP) is 3.24. The second-order valence-corrected chi connectivity index (χ2v) is 4.26. The second kappa shape index (κ2) is 4.85. The quantitative estimate of drug-likeness (QED) is 0.368. The zero-order valence-electron chi connectivity index (χ0n) is 7.79. The van der Waals surface area contributed by atoms with Gasteiger partial charge in [0.15, 0.2) is 5.78 Å². The Balaban J connectivity index is 3.46. The number of carbonyl (C=O) groups excluding carboxylic acids is 1. The number of hydrogen-bond acceptors (Lipinski definition) is 3. The Morgan fingerprint density at radius 1 is 1.53 bits per heavy atom. The van der Waals surface area contributed by atoms with Crippen LogP contribution in [0.15, 0.2) is 16.6 Å². The Kier molecular flexibility index (Phi) is 3.98. The summed E-state index contributed by atoms with van der Waals surface area (Å²) >= 11 is 6.11. The molecular weight excluding hydrogens is 330 g/mol. The van der Waals surface area contributed by atoms with Gasteiger partial charge in [0.2, 0.25) is 0 Å². The number of nitro benzene ring substituents is 1. The van der Waals surface area contributed by atoms with Crippen molar-refractivity contribution >= 4 is 43.3 Å². The molecular formula is C9H7Br2NO3. The van der Waals surface area contributed by atoms with Crippen LogP contribution in [-0.2, 0) is 0 Å². The highest BCUT2D eigenvalue weighted by molar-refractivity contribution is 9.10. The first kappa shape index (κ1) is 12.3. The van der Waals surface area contributed by atoms with Gasteiger partial charge in [-0.05, 0) is 34.5 Å². The lowest BCUT2D eigenvalue weighted by atomic mass is 10.1. The Hall–Kier alpha value is -0.750. The lowest BCUT2D eigenvalue weighted by Gasteiger charge is -2.04. The lowest BCUT2D eigenvalue weighted by Crippen LogP contribution is -2.06. The maximum atomic E-state index is 11.4. The van der Waals surface area contributed by atoms with E-state index >= 15 is 0 Å². The van der Waals surface area contributed by atoms with Crippen LogP contribution in [0.25, 0.3) is 0 Å². The lowest BCUT2D eigenvalue weighted by molar-refractivity contribution is -0.386. The van der Waals surface area contributed by atoms with Crippen molar-refractivity contribution in [3.8, 4) is 0 Å². The van der Waals surface area contributed by atoms with Crippen LogP contribution >= 0.6 is 31.9 Å². The van der Waals surface area contributed by atoms with Gasteiger partial charge >= 0.3 is 0 Å². The van der Waals surface area contributed by atoms with Crippen LogP contribution < -0.4 is 0 Å². The summed E-state index contributed by atoms with van der Waals surface area (Å²) in [5.74, 6) is -0.303. The minimum absolute atomic E-state index is 0.0728. The number of rotatable bonds is 3. The molecule has 0 aliphatic rings. The van der Waals surface area contributed by atoms with Crippen LogP contribution in [0.3, 0.4) is 0 Å². The minimum atomic E-state index is -0.549. The first-order valence-corrected chi connectivity index (χ1v) is 5.93. The van der Waals surface area contributed by atoms with E-state index in [0.717, 1.165) is 5.56 Å². The van der Waals surface area contributed by atoms with Crippen molar-refractivity contribution in [2.45, 2.75) is 6.92 Å². The van der Waals surface area contributed by atoms with Gasteiger partial charge in [0.05, 0.1) is 20.3 Å². The Bertz CT molecular complexity index is 432. The summed E-state index contributed by atoms with van der Waals surface area (Å²) in [4.78, 5) is 21.7.